The Morgan fingerprint density at radius 1 is 1.03 bits per heavy atom. The Morgan fingerprint density at radius 3 is 2.18 bits per heavy atom. The van der Waals surface area contributed by atoms with E-state index in [0.717, 1.165) is 4.90 Å². The largest absolute Gasteiger partial charge is 0.508 e. The molecule has 0 aromatic heterocycles. The van der Waals surface area contributed by atoms with Crippen LogP contribution in [0, 0.1) is 0 Å². The molecule has 0 heterocycles. The van der Waals surface area contributed by atoms with Crippen LogP contribution in [-0.2, 0) is 14.3 Å². The van der Waals surface area contributed by atoms with Gasteiger partial charge in [-0.25, -0.2) is 4.79 Å². The van der Waals surface area contributed by atoms with Crippen molar-refractivity contribution in [3.8, 4) is 11.5 Å². The first kappa shape index (κ1) is 26.5. The minimum Gasteiger partial charge on any atom is -0.508 e. The summed E-state index contributed by atoms with van der Waals surface area (Å²) in [6, 6.07) is 11.3. The van der Waals surface area contributed by atoms with Gasteiger partial charge in [-0.15, -0.1) is 0 Å². The van der Waals surface area contributed by atoms with Gasteiger partial charge in [0.25, 0.3) is 5.91 Å². The van der Waals surface area contributed by atoms with Crippen LogP contribution in [-0.4, -0.2) is 65.4 Å². The van der Waals surface area contributed by atoms with Crippen LogP contribution >= 0.6 is 0 Å². The zero-order valence-corrected chi connectivity index (χ0v) is 19.7. The molecule has 10 nitrogen and oxygen atoms in total. The first-order valence-electron chi connectivity index (χ1n) is 10.6. The van der Waals surface area contributed by atoms with Crippen LogP contribution in [0.15, 0.2) is 48.5 Å². The number of phenols is 1. The lowest BCUT2D eigenvalue weighted by molar-refractivity contribution is -0.138. The number of nitrogens with one attached hydrogen (secondary N) is 2. The van der Waals surface area contributed by atoms with Crippen LogP contribution in [0.25, 0.3) is 0 Å². The highest BCUT2D eigenvalue weighted by atomic mass is 16.6. The van der Waals surface area contributed by atoms with Crippen molar-refractivity contribution in [2.45, 2.75) is 32.4 Å². The quantitative estimate of drug-likeness (QED) is 0.439. The summed E-state index contributed by atoms with van der Waals surface area (Å²) < 4.78 is 10.3. The summed E-state index contributed by atoms with van der Waals surface area (Å²) in [5.74, 6) is -0.555. The van der Waals surface area contributed by atoms with Crippen LogP contribution in [0.3, 0.4) is 0 Å². The SMILES string of the molecule is COc1ccc(NC(=O)C(c2ccc(O)cc2)N(CCO)C(=O)CNC(=O)OC(C)(C)C)cc1. The van der Waals surface area contributed by atoms with Gasteiger partial charge in [0.15, 0.2) is 0 Å². The molecule has 34 heavy (non-hydrogen) atoms. The van der Waals surface area contributed by atoms with Gasteiger partial charge in [-0.05, 0) is 62.7 Å². The lowest BCUT2D eigenvalue weighted by Gasteiger charge is -2.31. The van der Waals surface area contributed by atoms with Gasteiger partial charge >= 0.3 is 6.09 Å². The Bertz CT molecular complexity index is 970. The molecule has 2 aromatic carbocycles. The topological polar surface area (TPSA) is 137 Å². The highest BCUT2D eigenvalue weighted by Gasteiger charge is 2.31. The van der Waals surface area contributed by atoms with Crippen LogP contribution in [0.1, 0.15) is 32.4 Å². The summed E-state index contributed by atoms with van der Waals surface area (Å²) in [5, 5.41) is 24.4. The van der Waals surface area contributed by atoms with E-state index in [2.05, 4.69) is 10.6 Å². The molecule has 3 amide bonds. The van der Waals surface area contributed by atoms with E-state index in [1.165, 1.54) is 31.4 Å². The summed E-state index contributed by atoms with van der Waals surface area (Å²) in [6.07, 6.45) is -0.784. The number of hydrogen-bond acceptors (Lipinski definition) is 7. The zero-order valence-electron chi connectivity index (χ0n) is 19.7. The molecule has 2 aromatic rings. The predicted octanol–water partition coefficient (Wildman–Crippen LogP) is 2.43. The number of rotatable bonds is 9. The highest BCUT2D eigenvalue weighted by Crippen LogP contribution is 2.25. The van der Waals surface area contributed by atoms with Crippen molar-refractivity contribution in [1.82, 2.24) is 10.2 Å². The van der Waals surface area contributed by atoms with Gasteiger partial charge in [-0.3, -0.25) is 9.59 Å². The maximum atomic E-state index is 13.3. The average Bonchev–Trinajstić information content (AvgIpc) is 2.77. The molecule has 10 heteroatoms. The van der Waals surface area contributed by atoms with Gasteiger partial charge in [0.05, 0.1) is 13.7 Å². The number of anilines is 1. The highest BCUT2D eigenvalue weighted by molar-refractivity contribution is 5.98. The molecular weight excluding hydrogens is 442 g/mol. The van der Waals surface area contributed by atoms with Gasteiger partial charge in [0, 0.05) is 12.2 Å². The second-order valence-corrected chi connectivity index (χ2v) is 8.38. The van der Waals surface area contributed by atoms with E-state index in [-0.39, 0.29) is 12.3 Å². The van der Waals surface area contributed by atoms with E-state index in [1.807, 2.05) is 0 Å². The van der Waals surface area contributed by atoms with Gasteiger partial charge < -0.3 is 35.2 Å². The molecule has 0 fully saturated rings. The lowest BCUT2D eigenvalue weighted by Crippen LogP contribution is -2.47. The molecule has 0 aliphatic carbocycles. The maximum absolute atomic E-state index is 13.3. The number of amides is 3. The smallest absolute Gasteiger partial charge is 0.408 e. The monoisotopic (exact) mass is 473 g/mol. The van der Waals surface area contributed by atoms with Crippen molar-refractivity contribution >= 4 is 23.6 Å². The summed E-state index contributed by atoms with van der Waals surface area (Å²) in [4.78, 5) is 39.5. The number of phenolic OH excluding ortho intramolecular Hbond substituents is 1. The van der Waals surface area contributed by atoms with Gasteiger partial charge in [-0.2, -0.15) is 0 Å². The Balaban J connectivity index is 2.29. The second kappa shape index (κ2) is 11.9. The third-order valence-corrected chi connectivity index (χ3v) is 4.57. The first-order valence-corrected chi connectivity index (χ1v) is 10.6. The van der Waals surface area contributed by atoms with Gasteiger partial charge in [0.1, 0.15) is 29.7 Å². The van der Waals surface area contributed by atoms with Crippen molar-refractivity contribution < 1.29 is 34.1 Å². The van der Waals surface area contributed by atoms with Crippen molar-refractivity contribution in [1.29, 1.82) is 0 Å². The van der Waals surface area contributed by atoms with E-state index >= 15 is 0 Å². The fourth-order valence-corrected chi connectivity index (χ4v) is 3.08. The molecule has 0 saturated carbocycles. The van der Waals surface area contributed by atoms with E-state index in [4.69, 9.17) is 9.47 Å². The normalized spacial score (nSPS) is 11.8. The van der Waals surface area contributed by atoms with E-state index in [9.17, 15) is 24.6 Å². The van der Waals surface area contributed by atoms with Crippen molar-refractivity contribution in [3.63, 3.8) is 0 Å². The van der Waals surface area contributed by atoms with Crippen molar-refractivity contribution in [2.24, 2.45) is 0 Å². The average molecular weight is 474 g/mol. The Kier molecular flexibility index (Phi) is 9.26. The number of hydrogen-bond donors (Lipinski definition) is 4. The number of carbonyl (C=O) groups excluding carboxylic acids is 3. The number of aromatic hydroxyl groups is 1. The number of nitrogens with zero attached hydrogens (tertiary/aromatic N) is 1. The fourth-order valence-electron chi connectivity index (χ4n) is 3.08. The number of alkyl carbamates (subject to hydrolysis) is 1. The molecule has 1 unspecified atom stereocenters. The molecule has 0 aliphatic heterocycles. The van der Waals surface area contributed by atoms with Crippen molar-refractivity contribution in [3.05, 3.63) is 54.1 Å². The minimum atomic E-state index is -1.15. The molecule has 2 rings (SSSR count). The standard InChI is InChI=1S/C24H31N3O7/c1-24(2,3)34-23(32)25-15-20(30)27(13-14-28)21(16-5-9-18(29)10-6-16)22(31)26-17-7-11-19(33-4)12-8-17/h5-12,21,28-29H,13-15H2,1-4H3,(H,25,32)(H,26,31). The minimum absolute atomic E-state index is 0.00955. The third-order valence-electron chi connectivity index (χ3n) is 4.57. The molecule has 0 spiro atoms. The molecule has 0 saturated heterocycles. The Labute approximate surface area is 198 Å². The maximum Gasteiger partial charge on any atom is 0.408 e. The van der Waals surface area contributed by atoms with Crippen molar-refractivity contribution in [2.75, 3.05) is 32.1 Å². The predicted molar refractivity (Wildman–Crippen MR) is 126 cm³/mol. The molecule has 0 radical (unpaired) electrons. The zero-order chi connectivity index (χ0) is 25.3. The number of ether oxygens (including phenoxy) is 2. The number of carbonyl (C=O) groups is 3. The number of aliphatic hydroxyl groups excluding tert-OH is 1. The van der Waals surface area contributed by atoms with E-state index in [1.54, 1.807) is 45.0 Å². The number of methoxy groups -OCH3 is 1. The molecule has 184 valence electrons. The van der Waals surface area contributed by atoms with E-state index in [0.29, 0.717) is 17.0 Å². The Hall–Kier alpha value is -3.79. The van der Waals surface area contributed by atoms with Crippen LogP contribution in [0.2, 0.25) is 0 Å². The van der Waals surface area contributed by atoms with E-state index < -0.39 is 42.7 Å². The first-order chi connectivity index (χ1) is 16.0. The van der Waals surface area contributed by atoms with Crippen LogP contribution in [0.4, 0.5) is 10.5 Å². The molecular formula is C24H31N3O7. The van der Waals surface area contributed by atoms with Crippen LogP contribution in [0.5, 0.6) is 11.5 Å². The number of aliphatic hydroxyl groups is 1. The number of benzene rings is 2. The fraction of sp³-hybridized carbons (Fsp3) is 0.375. The molecule has 0 aliphatic rings. The molecule has 0 bridgehead atoms. The summed E-state index contributed by atoms with van der Waals surface area (Å²) in [5.41, 5.74) is 0.130. The summed E-state index contributed by atoms with van der Waals surface area (Å²) in [7, 11) is 1.53. The van der Waals surface area contributed by atoms with Gasteiger partial charge in [0.2, 0.25) is 5.91 Å². The summed E-state index contributed by atoms with van der Waals surface area (Å²) in [6.45, 7) is 4.04. The van der Waals surface area contributed by atoms with Gasteiger partial charge in [-0.1, -0.05) is 12.1 Å². The summed E-state index contributed by atoms with van der Waals surface area (Å²) >= 11 is 0. The Morgan fingerprint density at radius 2 is 1.65 bits per heavy atom. The molecule has 1 atom stereocenters. The third kappa shape index (κ3) is 7.96. The second-order valence-electron chi connectivity index (χ2n) is 8.38. The lowest BCUT2D eigenvalue weighted by atomic mass is 10.0. The van der Waals surface area contributed by atoms with Crippen LogP contribution < -0.4 is 15.4 Å². The molecule has 4 N–H and O–H groups in total.